The van der Waals surface area contributed by atoms with Gasteiger partial charge >= 0.3 is 0 Å². The summed E-state index contributed by atoms with van der Waals surface area (Å²) >= 11 is 0. The molecule has 1 aliphatic rings. The maximum absolute atomic E-state index is 4.00. The highest BCUT2D eigenvalue weighted by Gasteiger charge is 1.98. The first kappa shape index (κ1) is 9.66. The second kappa shape index (κ2) is 4.56. The third-order valence-corrected chi connectivity index (χ3v) is 2.36. The molecule has 0 spiro atoms. The van der Waals surface area contributed by atoms with Gasteiger partial charge in [0.05, 0.1) is 5.69 Å². The normalized spacial score (nSPS) is 16.9. The lowest BCUT2D eigenvalue weighted by molar-refractivity contribution is 1.28. The van der Waals surface area contributed by atoms with E-state index < -0.39 is 0 Å². The van der Waals surface area contributed by atoms with Gasteiger partial charge in [-0.15, -0.1) is 0 Å². The molecule has 1 aromatic carbocycles. The maximum atomic E-state index is 4.00. The molecule has 0 N–H and O–H groups in total. The number of hydrogen-bond donors (Lipinski definition) is 0. The molecule has 0 unspecified atom stereocenters. The van der Waals surface area contributed by atoms with Crippen molar-refractivity contribution in [2.45, 2.75) is 6.42 Å². The van der Waals surface area contributed by atoms with Crippen LogP contribution in [-0.2, 0) is 0 Å². The van der Waals surface area contributed by atoms with Crippen LogP contribution < -0.4 is 0 Å². The third kappa shape index (κ3) is 2.32. The highest BCUT2D eigenvalue weighted by Crippen LogP contribution is 2.23. The smallest absolute Gasteiger partial charge is 0.0694 e. The molecule has 1 aromatic rings. The van der Waals surface area contributed by atoms with Crippen LogP contribution in [0.4, 0.5) is 5.69 Å². The van der Waals surface area contributed by atoms with Crippen LogP contribution in [0.5, 0.6) is 0 Å². The standard InChI is InChI=1S/C14H13N/c1-15-14-10-6-5-9-13(14)11-12-7-3-2-4-8-12/h2-7,9-11H,1,8H2/b12-11-. The van der Waals surface area contributed by atoms with Crippen molar-refractivity contribution in [1.82, 2.24) is 0 Å². The molecule has 1 nitrogen and oxygen atoms in total. The van der Waals surface area contributed by atoms with Gasteiger partial charge in [-0.1, -0.05) is 42.5 Å². The summed E-state index contributed by atoms with van der Waals surface area (Å²) in [7, 11) is 0. The van der Waals surface area contributed by atoms with Crippen LogP contribution in [0.2, 0.25) is 0 Å². The minimum atomic E-state index is 0.938. The Bertz CT molecular complexity index is 450. The van der Waals surface area contributed by atoms with Crippen molar-refractivity contribution in [3.05, 3.63) is 59.7 Å². The van der Waals surface area contributed by atoms with Gasteiger partial charge in [-0.2, -0.15) is 0 Å². The predicted molar refractivity (Wildman–Crippen MR) is 66.5 cm³/mol. The monoisotopic (exact) mass is 195 g/mol. The SMILES string of the molecule is C=Nc1ccccc1/C=C1/C=CC=CC1. The molecule has 0 amide bonds. The first-order valence-electron chi connectivity index (χ1n) is 5.00. The fraction of sp³-hybridized carbons (Fsp3) is 0.0714. The van der Waals surface area contributed by atoms with Gasteiger partial charge in [-0.05, 0) is 30.9 Å². The van der Waals surface area contributed by atoms with E-state index in [0.29, 0.717) is 0 Å². The highest BCUT2D eigenvalue weighted by atomic mass is 14.7. The van der Waals surface area contributed by atoms with Gasteiger partial charge in [0.2, 0.25) is 0 Å². The summed E-state index contributed by atoms with van der Waals surface area (Å²) in [6, 6.07) is 8.02. The van der Waals surface area contributed by atoms with Gasteiger partial charge in [-0.25, -0.2) is 0 Å². The van der Waals surface area contributed by atoms with Gasteiger partial charge in [0, 0.05) is 5.56 Å². The van der Waals surface area contributed by atoms with Gasteiger partial charge in [0.1, 0.15) is 0 Å². The van der Waals surface area contributed by atoms with Crippen LogP contribution in [-0.4, -0.2) is 6.72 Å². The first-order valence-corrected chi connectivity index (χ1v) is 5.00. The minimum Gasteiger partial charge on any atom is -0.264 e. The van der Waals surface area contributed by atoms with E-state index in [0.717, 1.165) is 17.7 Å². The number of allylic oxidation sites excluding steroid dienone is 5. The van der Waals surface area contributed by atoms with Crippen molar-refractivity contribution in [3.8, 4) is 0 Å². The molecule has 0 aromatic heterocycles. The molecule has 0 heterocycles. The molecule has 0 saturated heterocycles. The van der Waals surface area contributed by atoms with Crippen molar-refractivity contribution in [2.24, 2.45) is 4.99 Å². The summed E-state index contributed by atoms with van der Waals surface area (Å²) in [4.78, 5) is 4.00. The van der Waals surface area contributed by atoms with E-state index in [2.05, 4.69) is 48.2 Å². The third-order valence-electron chi connectivity index (χ3n) is 2.36. The van der Waals surface area contributed by atoms with E-state index >= 15 is 0 Å². The Morgan fingerprint density at radius 3 is 2.80 bits per heavy atom. The van der Waals surface area contributed by atoms with Crippen molar-refractivity contribution < 1.29 is 0 Å². The summed E-state index contributed by atoms with van der Waals surface area (Å²) in [5, 5.41) is 0. The van der Waals surface area contributed by atoms with E-state index in [4.69, 9.17) is 0 Å². The molecule has 0 aliphatic heterocycles. The molecular formula is C14H13N. The summed E-state index contributed by atoms with van der Waals surface area (Å²) in [5.74, 6) is 0. The summed E-state index contributed by atoms with van der Waals surface area (Å²) in [5.41, 5.74) is 3.36. The van der Waals surface area contributed by atoms with Crippen LogP contribution >= 0.6 is 0 Å². The molecule has 15 heavy (non-hydrogen) atoms. The fourth-order valence-electron chi connectivity index (χ4n) is 1.59. The van der Waals surface area contributed by atoms with Gasteiger partial charge in [0.25, 0.3) is 0 Å². The Kier molecular flexibility index (Phi) is 2.93. The van der Waals surface area contributed by atoms with Crippen LogP contribution in [0.3, 0.4) is 0 Å². The molecule has 1 aliphatic carbocycles. The zero-order valence-corrected chi connectivity index (χ0v) is 8.56. The van der Waals surface area contributed by atoms with Crippen molar-refractivity contribution >= 4 is 18.5 Å². The summed E-state index contributed by atoms with van der Waals surface area (Å²) < 4.78 is 0. The first-order chi connectivity index (χ1) is 7.40. The van der Waals surface area contributed by atoms with E-state index in [1.165, 1.54) is 5.57 Å². The lowest BCUT2D eigenvalue weighted by Gasteiger charge is -2.04. The van der Waals surface area contributed by atoms with E-state index in [9.17, 15) is 0 Å². The van der Waals surface area contributed by atoms with Gasteiger partial charge in [0.15, 0.2) is 0 Å². The van der Waals surface area contributed by atoms with Crippen LogP contribution in [0.1, 0.15) is 12.0 Å². The summed E-state index contributed by atoms with van der Waals surface area (Å²) in [6.07, 6.45) is 11.5. The zero-order valence-electron chi connectivity index (χ0n) is 8.56. The molecule has 74 valence electrons. The number of benzene rings is 1. The van der Waals surface area contributed by atoms with Crippen molar-refractivity contribution in [2.75, 3.05) is 0 Å². The molecule has 1 heteroatoms. The zero-order chi connectivity index (χ0) is 10.5. The Balaban J connectivity index is 2.34. The second-order valence-electron chi connectivity index (χ2n) is 3.43. The highest BCUT2D eigenvalue weighted by molar-refractivity contribution is 5.69. The molecule has 0 bridgehead atoms. The minimum absolute atomic E-state index is 0.938. The second-order valence-corrected chi connectivity index (χ2v) is 3.43. The maximum Gasteiger partial charge on any atom is 0.0694 e. The summed E-state index contributed by atoms with van der Waals surface area (Å²) in [6.45, 7) is 3.57. The topological polar surface area (TPSA) is 12.4 Å². The van der Waals surface area contributed by atoms with E-state index in [-0.39, 0.29) is 0 Å². The number of hydrogen-bond acceptors (Lipinski definition) is 1. The van der Waals surface area contributed by atoms with Crippen LogP contribution in [0.15, 0.2) is 59.1 Å². The molecular weight excluding hydrogens is 182 g/mol. The molecule has 2 rings (SSSR count). The lowest BCUT2D eigenvalue weighted by atomic mass is 10.0. The number of nitrogens with zero attached hydrogens (tertiary/aromatic N) is 1. The Morgan fingerprint density at radius 1 is 1.20 bits per heavy atom. The Hall–Kier alpha value is -1.89. The average molecular weight is 195 g/mol. The predicted octanol–water partition coefficient (Wildman–Crippen LogP) is 3.92. The quantitative estimate of drug-likeness (QED) is 0.634. The number of rotatable bonds is 2. The molecule has 0 radical (unpaired) electrons. The molecule has 0 saturated carbocycles. The largest absolute Gasteiger partial charge is 0.264 e. The van der Waals surface area contributed by atoms with Gasteiger partial charge < -0.3 is 0 Å². The van der Waals surface area contributed by atoms with E-state index in [1.54, 1.807) is 0 Å². The Labute approximate surface area is 90.2 Å². The van der Waals surface area contributed by atoms with Crippen LogP contribution in [0, 0.1) is 0 Å². The lowest BCUT2D eigenvalue weighted by Crippen LogP contribution is -1.81. The van der Waals surface area contributed by atoms with Gasteiger partial charge in [-0.3, -0.25) is 4.99 Å². The van der Waals surface area contributed by atoms with Crippen molar-refractivity contribution in [1.29, 1.82) is 0 Å². The van der Waals surface area contributed by atoms with Crippen LogP contribution in [0.25, 0.3) is 6.08 Å². The molecule has 0 fully saturated rings. The number of para-hydroxylation sites is 1. The molecule has 0 atom stereocenters. The van der Waals surface area contributed by atoms with Crippen molar-refractivity contribution in [3.63, 3.8) is 0 Å². The average Bonchev–Trinajstić information content (AvgIpc) is 2.31. The number of aliphatic imine (C=N–C) groups is 1. The Morgan fingerprint density at radius 2 is 2.07 bits per heavy atom. The van der Waals surface area contributed by atoms with E-state index in [1.807, 2.05) is 18.2 Å². The fourth-order valence-corrected chi connectivity index (χ4v) is 1.59.